The van der Waals surface area contributed by atoms with Gasteiger partial charge >= 0.3 is 0 Å². The van der Waals surface area contributed by atoms with Gasteiger partial charge in [-0.1, -0.05) is 0 Å². The standard InChI is InChI=1S/C10H6N6O/c11-2-4-15-3-1-8-7(9(15)17)5-12-10-13-6-14-16(8)10/h1,3,5-6H,4H2. The van der Waals surface area contributed by atoms with Crippen LogP contribution < -0.4 is 5.56 Å². The number of nitriles is 1. The summed E-state index contributed by atoms with van der Waals surface area (Å²) in [5, 5.41) is 13.0. The molecule has 0 aliphatic carbocycles. The van der Waals surface area contributed by atoms with Crippen molar-refractivity contribution in [1.29, 1.82) is 5.26 Å². The predicted molar refractivity (Wildman–Crippen MR) is 58.2 cm³/mol. The molecule has 0 aromatic carbocycles. The van der Waals surface area contributed by atoms with Gasteiger partial charge in [0.15, 0.2) is 0 Å². The molecule has 3 heterocycles. The molecule has 3 aromatic rings. The number of hydrogen-bond donors (Lipinski definition) is 0. The zero-order valence-electron chi connectivity index (χ0n) is 8.61. The molecule has 82 valence electrons. The maximum atomic E-state index is 12.0. The SMILES string of the molecule is N#CCn1ccc2c(cnc3ncnn32)c1=O. The van der Waals surface area contributed by atoms with Gasteiger partial charge in [-0.2, -0.15) is 19.9 Å². The largest absolute Gasteiger partial charge is 0.301 e. The van der Waals surface area contributed by atoms with Crippen LogP contribution in [0.25, 0.3) is 16.7 Å². The fourth-order valence-corrected chi connectivity index (χ4v) is 1.70. The third kappa shape index (κ3) is 1.28. The zero-order valence-corrected chi connectivity index (χ0v) is 8.61. The van der Waals surface area contributed by atoms with E-state index in [1.165, 1.54) is 21.6 Å². The van der Waals surface area contributed by atoms with Gasteiger partial charge in [-0.05, 0) is 6.07 Å². The second-order valence-electron chi connectivity index (χ2n) is 3.44. The molecule has 3 rings (SSSR count). The van der Waals surface area contributed by atoms with Crippen molar-refractivity contribution in [2.75, 3.05) is 0 Å². The summed E-state index contributed by atoms with van der Waals surface area (Å²) in [6.45, 7) is 0.0180. The first-order valence-corrected chi connectivity index (χ1v) is 4.86. The molecule has 0 aliphatic heterocycles. The third-order valence-corrected chi connectivity index (χ3v) is 2.49. The topological polar surface area (TPSA) is 88.9 Å². The highest BCUT2D eigenvalue weighted by Gasteiger charge is 2.07. The lowest BCUT2D eigenvalue weighted by atomic mass is 10.3. The van der Waals surface area contributed by atoms with Crippen molar-refractivity contribution in [3.63, 3.8) is 0 Å². The Bertz CT molecular complexity index is 809. The van der Waals surface area contributed by atoms with Crippen molar-refractivity contribution in [3.05, 3.63) is 35.1 Å². The summed E-state index contributed by atoms with van der Waals surface area (Å²) in [7, 11) is 0. The number of fused-ring (bicyclic) bond motifs is 3. The molecule has 0 saturated carbocycles. The van der Waals surface area contributed by atoms with Crippen molar-refractivity contribution < 1.29 is 0 Å². The fraction of sp³-hybridized carbons (Fsp3) is 0.100. The summed E-state index contributed by atoms with van der Waals surface area (Å²) in [6.07, 6.45) is 4.40. The quantitative estimate of drug-likeness (QED) is 0.581. The van der Waals surface area contributed by atoms with E-state index in [2.05, 4.69) is 15.1 Å². The van der Waals surface area contributed by atoms with E-state index in [4.69, 9.17) is 5.26 Å². The summed E-state index contributed by atoms with van der Waals surface area (Å²) in [6, 6.07) is 3.65. The normalized spacial score (nSPS) is 10.8. The first-order chi connectivity index (χ1) is 8.31. The minimum atomic E-state index is -0.256. The molecule has 0 bridgehead atoms. The minimum Gasteiger partial charge on any atom is -0.301 e. The van der Waals surface area contributed by atoms with Crippen molar-refractivity contribution in [1.82, 2.24) is 24.1 Å². The number of hydrogen-bond acceptors (Lipinski definition) is 5. The van der Waals surface area contributed by atoms with Crippen LogP contribution >= 0.6 is 0 Å². The average Bonchev–Trinajstić information content (AvgIpc) is 2.81. The Balaban J connectivity index is 2.45. The Kier molecular flexibility index (Phi) is 1.88. The molecule has 17 heavy (non-hydrogen) atoms. The summed E-state index contributed by atoms with van der Waals surface area (Å²) >= 11 is 0. The van der Waals surface area contributed by atoms with E-state index in [1.54, 1.807) is 12.3 Å². The molecular formula is C10H6N6O. The molecule has 0 N–H and O–H groups in total. The van der Waals surface area contributed by atoms with E-state index < -0.39 is 0 Å². The van der Waals surface area contributed by atoms with E-state index in [1.807, 2.05) is 6.07 Å². The van der Waals surface area contributed by atoms with Gasteiger partial charge in [-0.3, -0.25) is 4.79 Å². The Hall–Kier alpha value is -2.75. The number of pyridine rings is 1. The molecule has 0 unspecified atom stereocenters. The van der Waals surface area contributed by atoms with Crippen LogP contribution in [0, 0.1) is 11.3 Å². The lowest BCUT2D eigenvalue weighted by Crippen LogP contribution is -2.19. The van der Waals surface area contributed by atoms with Gasteiger partial charge in [0, 0.05) is 12.4 Å². The second-order valence-corrected chi connectivity index (χ2v) is 3.44. The average molecular weight is 226 g/mol. The molecule has 0 saturated heterocycles. The third-order valence-electron chi connectivity index (χ3n) is 2.49. The molecule has 0 aliphatic rings. The Labute approximate surface area is 94.6 Å². The smallest absolute Gasteiger partial charge is 0.262 e. The summed E-state index contributed by atoms with van der Waals surface area (Å²) in [5.41, 5.74) is 0.376. The second kappa shape index (κ2) is 3.38. The molecule has 7 nitrogen and oxygen atoms in total. The van der Waals surface area contributed by atoms with Gasteiger partial charge in [0.05, 0.1) is 17.0 Å². The van der Waals surface area contributed by atoms with Gasteiger partial charge < -0.3 is 4.57 Å². The molecular weight excluding hydrogens is 220 g/mol. The molecule has 3 aromatic heterocycles. The lowest BCUT2D eigenvalue weighted by Gasteiger charge is -2.03. The van der Waals surface area contributed by atoms with Crippen LogP contribution in [0.1, 0.15) is 0 Å². The van der Waals surface area contributed by atoms with Crippen LogP contribution in [-0.2, 0) is 6.54 Å². The van der Waals surface area contributed by atoms with Gasteiger partial charge in [0.2, 0.25) is 0 Å². The van der Waals surface area contributed by atoms with Crippen molar-refractivity contribution in [3.8, 4) is 6.07 Å². The summed E-state index contributed by atoms with van der Waals surface area (Å²) < 4.78 is 2.82. The summed E-state index contributed by atoms with van der Waals surface area (Å²) in [5.74, 6) is 0.440. The molecule has 0 fully saturated rings. The number of nitrogens with zero attached hydrogens (tertiary/aromatic N) is 6. The monoisotopic (exact) mass is 226 g/mol. The van der Waals surface area contributed by atoms with Crippen LogP contribution in [-0.4, -0.2) is 24.1 Å². The zero-order chi connectivity index (χ0) is 11.8. The highest BCUT2D eigenvalue weighted by Crippen LogP contribution is 2.08. The fourth-order valence-electron chi connectivity index (χ4n) is 1.70. The van der Waals surface area contributed by atoms with E-state index in [0.29, 0.717) is 16.7 Å². The van der Waals surface area contributed by atoms with E-state index in [0.717, 1.165) is 0 Å². The molecule has 0 radical (unpaired) electrons. The van der Waals surface area contributed by atoms with Crippen LogP contribution in [0.5, 0.6) is 0 Å². The number of rotatable bonds is 1. The molecule has 0 amide bonds. The highest BCUT2D eigenvalue weighted by atomic mass is 16.1. The van der Waals surface area contributed by atoms with Crippen LogP contribution in [0.15, 0.2) is 29.6 Å². The first-order valence-electron chi connectivity index (χ1n) is 4.86. The van der Waals surface area contributed by atoms with E-state index >= 15 is 0 Å². The van der Waals surface area contributed by atoms with Gasteiger partial charge in [-0.15, -0.1) is 0 Å². The van der Waals surface area contributed by atoms with Crippen LogP contribution in [0.2, 0.25) is 0 Å². The van der Waals surface area contributed by atoms with Gasteiger partial charge in [-0.25, -0.2) is 4.98 Å². The first kappa shape index (κ1) is 9.47. The predicted octanol–water partition coefficient (Wildman–Crippen LogP) is -0.0372. The van der Waals surface area contributed by atoms with Gasteiger partial charge in [0.1, 0.15) is 12.9 Å². The van der Waals surface area contributed by atoms with E-state index in [9.17, 15) is 4.79 Å². The Morgan fingerprint density at radius 3 is 3.12 bits per heavy atom. The van der Waals surface area contributed by atoms with Crippen molar-refractivity contribution >= 4 is 16.7 Å². The van der Waals surface area contributed by atoms with Crippen LogP contribution in [0.3, 0.4) is 0 Å². The molecule has 0 atom stereocenters. The summed E-state index contributed by atoms with van der Waals surface area (Å²) in [4.78, 5) is 20.0. The highest BCUT2D eigenvalue weighted by molar-refractivity contribution is 5.78. The maximum absolute atomic E-state index is 12.0. The minimum absolute atomic E-state index is 0.0180. The maximum Gasteiger partial charge on any atom is 0.262 e. The van der Waals surface area contributed by atoms with E-state index in [-0.39, 0.29) is 12.1 Å². The van der Waals surface area contributed by atoms with Gasteiger partial charge in [0.25, 0.3) is 11.3 Å². The van der Waals surface area contributed by atoms with Crippen LogP contribution in [0.4, 0.5) is 0 Å². The Morgan fingerprint density at radius 2 is 2.29 bits per heavy atom. The molecule has 0 spiro atoms. The molecule has 7 heteroatoms. The lowest BCUT2D eigenvalue weighted by molar-refractivity contribution is 0.794. The number of aromatic nitrogens is 5. The Morgan fingerprint density at radius 1 is 1.41 bits per heavy atom. The van der Waals surface area contributed by atoms with Crippen molar-refractivity contribution in [2.45, 2.75) is 6.54 Å². The van der Waals surface area contributed by atoms with Crippen molar-refractivity contribution in [2.24, 2.45) is 0 Å².